The molecule has 0 aliphatic rings. The van der Waals surface area contributed by atoms with Crippen molar-refractivity contribution in [1.29, 1.82) is 0 Å². The first-order chi connectivity index (χ1) is 7.80. The van der Waals surface area contributed by atoms with Crippen LogP contribution >= 0.6 is 24.4 Å². The van der Waals surface area contributed by atoms with Gasteiger partial charge in [0.1, 0.15) is 4.99 Å². The second-order valence-corrected chi connectivity index (χ2v) is 4.23. The van der Waals surface area contributed by atoms with Gasteiger partial charge in [0.2, 0.25) is 0 Å². The maximum Gasteiger partial charge on any atom is 0.416 e. The van der Waals surface area contributed by atoms with Gasteiger partial charge in [-0.2, -0.15) is 13.2 Å². The smallest absolute Gasteiger partial charge is 0.300 e. The number of nitrogens with one attached hydrogen (secondary N) is 2. The molecule has 0 atom stereocenters. The second-order valence-electron chi connectivity index (χ2n) is 3.21. The lowest BCUT2D eigenvalue weighted by Crippen LogP contribution is -2.31. The molecule has 2 nitrogen and oxygen atoms in total. The van der Waals surface area contributed by atoms with Gasteiger partial charge in [0.25, 0.3) is 0 Å². The van der Waals surface area contributed by atoms with E-state index in [2.05, 4.69) is 10.9 Å². The molecule has 0 amide bonds. The Bertz CT molecular complexity index is 443. The van der Waals surface area contributed by atoms with Crippen molar-refractivity contribution in [2.75, 3.05) is 5.43 Å². The van der Waals surface area contributed by atoms with E-state index in [0.717, 1.165) is 12.1 Å². The Kier molecular flexibility index (Phi) is 4.41. The van der Waals surface area contributed by atoms with E-state index in [0.29, 0.717) is 4.86 Å². The van der Waals surface area contributed by atoms with Gasteiger partial charge in [-0.25, -0.2) is 0 Å². The quantitative estimate of drug-likeness (QED) is 0.654. The van der Waals surface area contributed by atoms with Crippen LogP contribution in [0.25, 0.3) is 0 Å². The number of rotatable bonds is 3. The zero-order chi connectivity index (χ0) is 13.1. The van der Waals surface area contributed by atoms with E-state index >= 15 is 0 Å². The molecule has 0 radical (unpaired) electrons. The molecular weight excluding hydrogens is 269 g/mol. The number of hydrogen-bond donors (Lipinski definition) is 2. The molecule has 0 unspecified atom stereocenters. The van der Waals surface area contributed by atoms with E-state index in [4.69, 9.17) is 24.4 Å². The summed E-state index contributed by atoms with van der Waals surface area (Å²) in [6.07, 6.45) is -4.36. The summed E-state index contributed by atoms with van der Waals surface area (Å²) in [5.41, 5.74) is 4.64. The topological polar surface area (TPSA) is 24.1 Å². The molecule has 0 heterocycles. The molecule has 1 rings (SSSR count). The molecule has 0 aliphatic carbocycles. The molecule has 0 saturated heterocycles. The largest absolute Gasteiger partial charge is 0.416 e. The third-order valence-electron chi connectivity index (χ3n) is 1.83. The van der Waals surface area contributed by atoms with Crippen LogP contribution in [0.15, 0.2) is 24.3 Å². The predicted octanol–water partition coefficient (Wildman–Crippen LogP) is 3.34. The molecule has 1 aromatic rings. The highest BCUT2D eigenvalue weighted by Crippen LogP contribution is 2.30. The predicted molar refractivity (Wildman–Crippen MR) is 69.1 cm³/mol. The van der Waals surface area contributed by atoms with E-state index in [1.54, 1.807) is 6.92 Å². The standard InChI is InChI=1S/C10H9F3N2S2/c1-6(16)9(17)15-14-8-4-2-3-7(5-8)10(11,12)13/h2-5,14H,1H3,(H,15,17). The van der Waals surface area contributed by atoms with Gasteiger partial charge in [-0.1, -0.05) is 30.5 Å². The molecule has 0 saturated carbocycles. The Morgan fingerprint density at radius 1 is 1.24 bits per heavy atom. The third-order valence-corrected chi connectivity index (χ3v) is 2.57. The molecule has 0 aliphatic heterocycles. The summed E-state index contributed by atoms with van der Waals surface area (Å²) in [6.45, 7) is 1.62. The van der Waals surface area contributed by atoms with Crippen LogP contribution < -0.4 is 10.9 Å². The normalized spacial score (nSPS) is 10.8. The fourth-order valence-electron chi connectivity index (χ4n) is 0.990. The summed E-state index contributed by atoms with van der Waals surface area (Å²) in [4.78, 5) is 0.733. The molecule has 0 aromatic heterocycles. The molecule has 92 valence electrons. The van der Waals surface area contributed by atoms with Gasteiger partial charge >= 0.3 is 6.18 Å². The Morgan fingerprint density at radius 3 is 2.41 bits per heavy atom. The first-order valence-electron chi connectivity index (χ1n) is 4.55. The van der Waals surface area contributed by atoms with Gasteiger partial charge in [0, 0.05) is 4.86 Å². The van der Waals surface area contributed by atoms with Gasteiger partial charge in [-0.15, -0.1) is 0 Å². The Hall–Kier alpha value is -1.21. The van der Waals surface area contributed by atoms with Crippen LogP contribution in [-0.2, 0) is 6.18 Å². The molecule has 17 heavy (non-hydrogen) atoms. The minimum Gasteiger partial charge on any atom is -0.300 e. The van der Waals surface area contributed by atoms with Gasteiger partial charge < -0.3 is 5.43 Å². The van der Waals surface area contributed by atoms with Crippen LogP contribution in [0.2, 0.25) is 0 Å². The number of benzene rings is 1. The molecule has 2 N–H and O–H groups in total. The first-order valence-corrected chi connectivity index (χ1v) is 5.36. The fraction of sp³-hybridized carbons (Fsp3) is 0.200. The number of hydrazine groups is 1. The molecule has 7 heteroatoms. The number of anilines is 1. The lowest BCUT2D eigenvalue weighted by Gasteiger charge is -2.12. The van der Waals surface area contributed by atoms with Gasteiger partial charge in [0.05, 0.1) is 11.3 Å². The van der Waals surface area contributed by atoms with E-state index in [9.17, 15) is 13.2 Å². The number of alkyl halides is 3. The first kappa shape index (κ1) is 13.9. The fourth-order valence-corrected chi connectivity index (χ4v) is 1.09. The summed E-state index contributed by atoms with van der Waals surface area (Å²) in [5.74, 6) is 0. The lowest BCUT2D eigenvalue weighted by atomic mass is 10.2. The number of halogens is 3. The van der Waals surface area contributed by atoms with E-state index < -0.39 is 11.7 Å². The van der Waals surface area contributed by atoms with Crippen LogP contribution in [0.3, 0.4) is 0 Å². The SMILES string of the molecule is CC(=S)C(=S)NNc1cccc(C(F)(F)F)c1. The Balaban J connectivity index is 2.73. The number of thiocarbonyl (C=S) groups is 2. The van der Waals surface area contributed by atoms with E-state index in [-0.39, 0.29) is 10.7 Å². The molecular formula is C10H9F3N2S2. The van der Waals surface area contributed by atoms with Crippen molar-refractivity contribution in [2.45, 2.75) is 13.1 Å². The maximum absolute atomic E-state index is 12.4. The van der Waals surface area contributed by atoms with Crippen molar-refractivity contribution in [1.82, 2.24) is 5.43 Å². The van der Waals surface area contributed by atoms with E-state index in [1.807, 2.05) is 0 Å². The Morgan fingerprint density at radius 2 is 1.88 bits per heavy atom. The minimum absolute atomic E-state index is 0.262. The van der Waals surface area contributed by atoms with Crippen LogP contribution in [0.1, 0.15) is 12.5 Å². The summed E-state index contributed by atoms with van der Waals surface area (Å²) < 4.78 is 37.2. The summed E-state index contributed by atoms with van der Waals surface area (Å²) in [7, 11) is 0. The molecule has 0 fully saturated rings. The van der Waals surface area contributed by atoms with Crippen LogP contribution in [0.5, 0.6) is 0 Å². The van der Waals surface area contributed by atoms with Crippen molar-refractivity contribution in [3.63, 3.8) is 0 Å². The van der Waals surface area contributed by atoms with Crippen molar-refractivity contribution < 1.29 is 13.2 Å². The van der Waals surface area contributed by atoms with Crippen LogP contribution in [-0.4, -0.2) is 9.85 Å². The van der Waals surface area contributed by atoms with Gasteiger partial charge in [0.15, 0.2) is 0 Å². The van der Waals surface area contributed by atoms with Crippen molar-refractivity contribution in [2.24, 2.45) is 0 Å². The highest BCUT2D eigenvalue weighted by atomic mass is 32.1. The highest BCUT2D eigenvalue weighted by molar-refractivity contribution is 7.89. The van der Waals surface area contributed by atoms with Gasteiger partial charge in [-0.05, 0) is 25.1 Å². The molecule has 0 bridgehead atoms. The molecule has 1 aromatic carbocycles. The third kappa shape index (κ3) is 4.27. The summed E-state index contributed by atoms with van der Waals surface area (Å²) >= 11 is 9.64. The van der Waals surface area contributed by atoms with Crippen molar-refractivity contribution in [3.8, 4) is 0 Å². The van der Waals surface area contributed by atoms with Crippen LogP contribution in [0.4, 0.5) is 18.9 Å². The van der Waals surface area contributed by atoms with Crippen molar-refractivity contribution >= 4 is 40.0 Å². The lowest BCUT2D eigenvalue weighted by molar-refractivity contribution is -0.137. The summed E-state index contributed by atoms with van der Waals surface area (Å²) in [5, 5.41) is 0. The molecule has 0 spiro atoms. The average Bonchev–Trinajstić information content (AvgIpc) is 2.25. The second kappa shape index (κ2) is 5.42. The van der Waals surface area contributed by atoms with Crippen LogP contribution in [0, 0.1) is 0 Å². The van der Waals surface area contributed by atoms with Gasteiger partial charge in [-0.3, -0.25) is 5.43 Å². The average molecular weight is 278 g/mol. The van der Waals surface area contributed by atoms with E-state index in [1.165, 1.54) is 12.1 Å². The zero-order valence-corrected chi connectivity index (χ0v) is 10.4. The monoisotopic (exact) mass is 278 g/mol. The Labute approximate surface area is 107 Å². The zero-order valence-electron chi connectivity index (χ0n) is 8.76. The minimum atomic E-state index is -4.36. The maximum atomic E-state index is 12.4. The van der Waals surface area contributed by atoms with Crippen molar-refractivity contribution in [3.05, 3.63) is 29.8 Å². The number of hydrogen-bond acceptors (Lipinski definition) is 3. The highest BCUT2D eigenvalue weighted by Gasteiger charge is 2.30. The summed E-state index contributed by atoms with van der Waals surface area (Å²) in [6, 6.07) is 4.77.